The molecule has 122 valence electrons. The molecule has 1 nitrogen and oxygen atoms in total. The standard InChI is InChI=1S/C21H26OS/c1-3-5-6-7-17-8-10-18(11-9-17)19-12-14-20(15-13-19)21(23)22-16-4-2/h8-15H,3-7,16H2,1-2H3. The Balaban J connectivity index is 2.00. The first-order valence-corrected chi connectivity index (χ1v) is 9.02. The summed E-state index contributed by atoms with van der Waals surface area (Å²) in [5, 5.41) is 0.588. The van der Waals surface area contributed by atoms with Gasteiger partial charge in [-0.2, -0.15) is 0 Å². The second kappa shape index (κ2) is 9.46. The molecule has 0 unspecified atom stereocenters. The van der Waals surface area contributed by atoms with E-state index >= 15 is 0 Å². The van der Waals surface area contributed by atoms with Crippen LogP contribution in [-0.4, -0.2) is 11.7 Å². The molecule has 0 amide bonds. The van der Waals surface area contributed by atoms with Crippen molar-refractivity contribution in [2.24, 2.45) is 0 Å². The molecule has 2 aromatic rings. The number of hydrogen-bond acceptors (Lipinski definition) is 2. The predicted molar refractivity (Wildman–Crippen MR) is 103 cm³/mol. The lowest BCUT2D eigenvalue weighted by Crippen LogP contribution is -2.04. The second-order valence-corrected chi connectivity index (χ2v) is 6.24. The van der Waals surface area contributed by atoms with Crippen LogP contribution in [0.15, 0.2) is 48.5 Å². The fourth-order valence-corrected chi connectivity index (χ4v) is 2.74. The maximum absolute atomic E-state index is 5.52. The maximum Gasteiger partial charge on any atom is 0.191 e. The van der Waals surface area contributed by atoms with Crippen molar-refractivity contribution >= 4 is 17.3 Å². The highest BCUT2D eigenvalue weighted by Gasteiger charge is 2.03. The Morgan fingerprint density at radius 3 is 2.00 bits per heavy atom. The smallest absolute Gasteiger partial charge is 0.191 e. The molecule has 0 N–H and O–H groups in total. The molecule has 0 saturated heterocycles. The molecule has 0 aliphatic heterocycles. The quantitative estimate of drug-likeness (QED) is 0.422. The Kier molecular flexibility index (Phi) is 7.28. The van der Waals surface area contributed by atoms with Crippen molar-refractivity contribution in [3.8, 4) is 11.1 Å². The number of benzene rings is 2. The van der Waals surface area contributed by atoms with Crippen LogP contribution in [0.5, 0.6) is 0 Å². The van der Waals surface area contributed by atoms with Gasteiger partial charge in [0.25, 0.3) is 0 Å². The third-order valence-electron chi connectivity index (χ3n) is 3.91. The molecule has 0 saturated carbocycles. The molecule has 23 heavy (non-hydrogen) atoms. The third kappa shape index (κ3) is 5.47. The van der Waals surface area contributed by atoms with Crippen molar-refractivity contribution < 1.29 is 4.74 Å². The molecule has 0 aliphatic carbocycles. The van der Waals surface area contributed by atoms with Crippen LogP contribution in [0.4, 0.5) is 0 Å². The molecule has 0 fully saturated rings. The maximum atomic E-state index is 5.52. The summed E-state index contributed by atoms with van der Waals surface area (Å²) in [7, 11) is 0. The Morgan fingerprint density at radius 2 is 1.43 bits per heavy atom. The minimum absolute atomic E-state index is 0.588. The van der Waals surface area contributed by atoms with E-state index in [1.807, 2.05) is 12.1 Å². The monoisotopic (exact) mass is 326 g/mol. The van der Waals surface area contributed by atoms with E-state index < -0.39 is 0 Å². The molecule has 0 aromatic heterocycles. The van der Waals surface area contributed by atoms with E-state index in [9.17, 15) is 0 Å². The van der Waals surface area contributed by atoms with Crippen LogP contribution >= 0.6 is 12.2 Å². The van der Waals surface area contributed by atoms with E-state index in [0.29, 0.717) is 11.7 Å². The second-order valence-electron chi connectivity index (χ2n) is 5.87. The summed E-state index contributed by atoms with van der Waals surface area (Å²) >= 11 is 5.29. The van der Waals surface area contributed by atoms with Crippen molar-refractivity contribution in [1.82, 2.24) is 0 Å². The molecule has 2 aromatic carbocycles. The fourth-order valence-electron chi connectivity index (χ4n) is 2.52. The summed E-state index contributed by atoms with van der Waals surface area (Å²) in [6.45, 7) is 5.00. The predicted octanol–water partition coefficient (Wildman–Crippen LogP) is 6.19. The van der Waals surface area contributed by atoms with Crippen molar-refractivity contribution in [1.29, 1.82) is 0 Å². The van der Waals surface area contributed by atoms with Gasteiger partial charge in [-0.3, -0.25) is 0 Å². The lowest BCUT2D eigenvalue weighted by molar-refractivity contribution is 0.314. The summed E-state index contributed by atoms with van der Waals surface area (Å²) in [6, 6.07) is 17.2. The zero-order chi connectivity index (χ0) is 16.5. The van der Waals surface area contributed by atoms with Gasteiger partial charge in [-0.05, 0) is 60.3 Å². The van der Waals surface area contributed by atoms with Gasteiger partial charge in [-0.15, -0.1) is 0 Å². The van der Waals surface area contributed by atoms with E-state index in [-0.39, 0.29) is 0 Å². The van der Waals surface area contributed by atoms with Crippen molar-refractivity contribution in [2.45, 2.75) is 46.0 Å². The van der Waals surface area contributed by atoms with Crippen LogP contribution in [0, 0.1) is 0 Å². The van der Waals surface area contributed by atoms with E-state index in [0.717, 1.165) is 12.0 Å². The van der Waals surface area contributed by atoms with E-state index in [4.69, 9.17) is 17.0 Å². The van der Waals surface area contributed by atoms with Gasteiger partial charge in [0.15, 0.2) is 5.05 Å². The highest BCUT2D eigenvalue weighted by Crippen LogP contribution is 2.21. The minimum Gasteiger partial charge on any atom is -0.483 e. The highest BCUT2D eigenvalue weighted by atomic mass is 32.1. The summed E-state index contributed by atoms with van der Waals surface area (Å²) in [6.07, 6.45) is 6.01. The van der Waals surface area contributed by atoms with Crippen molar-refractivity contribution in [3.05, 3.63) is 59.7 Å². The number of aryl methyl sites for hydroxylation is 1. The molecule has 0 heterocycles. The van der Waals surface area contributed by atoms with Crippen LogP contribution in [-0.2, 0) is 11.2 Å². The summed E-state index contributed by atoms with van der Waals surface area (Å²) < 4.78 is 5.52. The van der Waals surface area contributed by atoms with Gasteiger partial charge in [0, 0.05) is 5.56 Å². The third-order valence-corrected chi connectivity index (χ3v) is 4.27. The summed E-state index contributed by atoms with van der Waals surface area (Å²) in [4.78, 5) is 0. The van der Waals surface area contributed by atoms with E-state index in [1.165, 1.54) is 42.4 Å². The Morgan fingerprint density at radius 1 is 0.826 bits per heavy atom. The fraction of sp³-hybridized carbons (Fsp3) is 0.381. The minimum atomic E-state index is 0.588. The van der Waals surface area contributed by atoms with Gasteiger partial charge in [-0.25, -0.2) is 0 Å². The van der Waals surface area contributed by atoms with Crippen LogP contribution in [0.2, 0.25) is 0 Å². The molecule has 2 rings (SSSR count). The summed E-state index contributed by atoms with van der Waals surface area (Å²) in [5.41, 5.74) is 4.87. The van der Waals surface area contributed by atoms with Crippen LogP contribution in [0.25, 0.3) is 11.1 Å². The van der Waals surface area contributed by atoms with Crippen LogP contribution < -0.4 is 0 Å². The Bertz CT molecular complexity index is 599. The molecular weight excluding hydrogens is 300 g/mol. The number of thiocarbonyl (C=S) groups is 1. The van der Waals surface area contributed by atoms with Gasteiger partial charge in [0.1, 0.15) is 0 Å². The molecule has 2 heteroatoms. The average Bonchev–Trinajstić information content (AvgIpc) is 2.61. The molecule has 0 spiro atoms. The number of unbranched alkanes of at least 4 members (excludes halogenated alkanes) is 2. The normalized spacial score (nSPS) is 10.5. The SMILES string of the molecule is CCCCCc1ccc(-c2ccc(C(=S)OCCC)cc2)cc1. The lowest BCUT2D eigenvalue weighted by atomic mass is 10.0. The van der Waals surface area contributed by atoms with E-state index in [2.05, 4.69) is 50.2 Å². The summed E-state index contributed by atoms with van der Waals surface area (Å²) in [5.74, 6) is 0. The molecule has 0 aliphatic rings. The zero-order valence-corrected chi connectivity index (χ0v) is 15.0. The van der Waals surface area contributed by atoms with Crippen LogP contribution in [0.3, 0.4) is 0 Å². The average molecular weight is 327 g/mol. The Hall–Kier alpha value is -1.67. The highest BCUT2D eigenvalue weighted by molar-refractivity contribution is 7.80. The molecule has 0 atom stereocenters. The van der Waals surface area contributed by atoms with Gasteiger partial charge in [-0.1, -0.05) is 63.1 Å². The lowest BCUT2D eigenvalue weighted by Gasteiger charge is -2.08. The van der Waals surface area contributed by atoms with Crippen molar-refractivity contribution in [2.75, 3.05) is 6.61 Å². The van der Waals surface area contributed by atoms with E-state index in [1.54, 1.807) is 0 Å². The number of ether oxygens (including phenoxy) is 1. The van der Waals surface area contributed by atoms with Crippen LogP contribution in [0.1, 0.15) is 50.7 Å². The largest absolute Gasteiger partial charge is 0.483 e. The first kappa shape index (κ1) is 17.7. The number of hydrogen-bond donors (Lipinski definition) is 0. The Labute approximate surface area is 145 Å². The first-order chi connectivity index (χ1) is 11.2. The zero-order valence-electron chi connectivity index (χ0n) is 14.2. The molecular formula is C21H26OS. The topological polar surface area (TPSA) is 9.23 Å². The van der Waals surface area contributed by atoms with Gasteiger partial charge in [0.2, 0.25) is 0 Å². The number of rotatable bonds is 8. The van der Waals surface area contributed by atoms with Crippen molar-refractivity contribution in [3.63, 3.8) is 0 Å². The van der Waals surface area contributed by atoms with Gasteiger partial charge in [0.05, 0.1) is 6.61 Å². The van der Waals surface area contributed by atoms with Gasteiger partial charge >= 0.3 is 0 Å². The van der Waals surface area contributed by atoms with Gasteiger partial charge < -0.3 is 4.74 Å². The molecule has 0 radical (unpaired) electrons. The molecule has 0 bridgehead atoms. The first-order valence-electron chi connectivity index (χ1n) is 8.61.